The first-order valence-corrected chi connectivity index (χ1v) is 8.61. The molecule has 2 aliphatic rings. The molecule has 2 unspecified atom stereocenters. The van der Waals surface area contributed by atoms with Crippen LogP contribution < -0.4 is 0 Å². The molecule has 0 aliphatic carbocycles. The maximum absolute atomic E-state index is 12.5. The molecule has 4 heteroatoms. The number of carbonyl (C=O) groups is 1. The highest BCUT2D eigenvalue weighted by molar-refractivity contribution is 5.78. The Balaban J connectivity index is 1.39. The second kappa shape index (κ2) is 6.36. The number of carbonyl (C=O) groups excluding carboxylic acids is 1. The van der Waals surface area contributed by atoms with E-state index < -0.39 is 0 Å². The van der Waals surface area contributed by atoms with Gasteiger partial charge in [0.1, 0.15) is 0 Å². The predicted octanol–water partition coefficient (Wildman–Crippen LogP) is 2.80. The minimum Gasteiger partial charge on any atom is -0.372 e. The summed E-state index contributed by atoms with van der Waals surface area (Å²) in [6.07, 6.45) is 4.05. The average molecular weight is 322 g/mol. The summed E-state index contributed by atoms with van der Waals surface area (Å²) in [6, 6.07) is 16.2. The Kier molecular flexibility index (Phi) is 4.07. The van der Waals surface area contributed by atoms with Crippen LogP contribution in [0.5, 0.6) is 0 Å². The Morgan fingerprint density at radius 3 is 2.83 bits per heavy atom. The summed E-state index contributed by atoms with van der Waals surface area (Å²) in [5.41, 5.74) is 2.02. The van der Waals surface area contributed by atoms with Crippen LogP contribution in [0, 0.1) is 0 Å². The Bertz CT molecular complexity index is 704. The van der Waals surface area contributed by atoms with E-state index >= 15 is 0 Å². The number of rotatable bonds is 3. The molecule has 1 aromatic heterocycles. The number of aromatic nitrogens is 1. The van der Waals surface area contributed by atoms with Gasteiger partial charge in [0.15, 0.2) is 0 Å². The third-order valence-electron chi connectivity index (χ3n) is 5.21. The number of ether oxygens (including phenoxy) is 1. The molecule has 24 heavy (non-hydrogen) atoms. The van der Waals surface area contributed by atoms with Crippen molar-refractivity contribution in [3.05, 3.63) is 66.0 Å². The van der Waals surface area contributed by atoms with Crippen molar-refractivity contribution in [1.29, 1.82) is 0 Å². The molecule has 2 saturated heterocycles. The van der Waals surface area contributed by atoms with Gasteiger partial charge in [0.2, 0.25) is 5.91 Å². The number of benzene rings is 1. The van der Waals surface area contributed by atoms with E-state index in [9.17, 15) is 4.79 Å². The molecule has 1 amide bonds. The molecule has 0 N–H and O–H groups in total. The molecule has 0 radical (unpaired) electrons. The van der Waals surface area contributed by atoms with E-state index in [4.69, 9.17) is 4.74 Å². The Hall–Kier alpha value is -2.20. The van der Waals surface area contributed by atoms with E-state index in [-0.39, 0.29) is 11.5 Å². The lowest BCUT2D eigenvalue weighted by Crippen LogP contribution is -2.36. The lowest BCUT2D eigenvalue weighted by Gasteiger charge is -2.23. The fourth-order valence-electron chi connectivity index (χ4n) is 3.89. The van der Waals surface area contributed by atoms with Crippen LogP contribution in [-0.2, 0) is 16.0 Å². The highest BCUT2D eigenvalue weighted by atomic mass is 16.5. The monoisotopic (exact) mass is 322 g/mol. The summed E-state index contributed by atoms with van der Waals surface area (Å²) in [7, 11) is 0. The number of pyridine rings is 1. The molecule has 1 spiro atoms. The van der Waals surface area contributed by atoms with Crippen LogP contribution in [0.1, 0.15) is 30.0 Å². The van der Waals surface area contributed by atoms with Gasteiger partial charge in [0, 0.05) is 30.9 Å². The quantitative estimate of drug-likeness (QED) is 0.873. The van der Waals surface area contributed by atoms with Gasteiger partial charge in [0.25, 0.3) is 0 Å². The summed E-state index contributed by atoms with van der Waals surface area (Å²) in [5.74, 6) is 0.592. The molecule has 2 fully saturated rings. The molecule has 4 rings (SSSR count). The van der Waals surface area contributed by atoms with E-state index in [1.54, 1.807) is 6.20 Å². The van der Waals surface area contributed by atoms with Crippen LogP contribution in [0.3, 0.4) is 0 Å². The molecule has 2 aliphatic heterocycles. The SMILES string of the molecule is O=C(Cc1ccccn1)N1CCC2(CC(c3ccccc3)CO2)C1. The van der Waals surface area contributed by atoms with Gasteiger partial charge < -0.3 is 9.64 Å². The molecule has 0 saturated carbocycles. The smallest absolute Gasteiger partial charge is 0.228 e. The zero-order valence-corrected chi connectivity index (χ0v) is 13.7. The molecule has 3 heterocycles. The Labute approximate surface area is 142 Å². The van der Waals surface area contributed by atoms with Gasteiger partial charge in [-0.2, -0.15) is 0 Å². The Morgan fingerprint density at radius 2 is 2.04 bits per heavy atom. The minimum atomic E-state index is -0.152. The van der Waals surface area contributed by atoms with Crippen LogP contribution >= 0.6 is 0 Å². The second-order valence-corrected chi connectivity index (χ2v) is 6.87. The van der Waals surface area contributed by atoms with Gasteiger partial charge in [-0.3, -0.25) is 9.78 Å². The van der Waals surface area contributed by atoms with Crippen molar-refractivity contribution in [3.63, 3.8) is 0 Å². The second-order valence-electron chi connectivity index (χ2n) is 6.87. The predicted molar refractivity (Wildman–Crippen MR) is 91.6 cm³/mol. The fraction of sp³-hybridized carbons (Fsp3) is 0.400. The van der Waals surface area contributed by atoms with Crippen LogP contribution in [0.2, 0.25) is 0 Å². The summed E-state index contributed by atoms with van der Waals surface area (Å²) >= 11 is 0. The van der Waals surface area contributed by atoms with Gasteiger partial charge >= 0.3 is 0 Å². The van der Waals surface area contributed by atoms with E-state index in [0.717, 1.165) is 31.7 Å². The number of likely N-dealkylation sites (tertiary alicyclic amines) is 1. The van der Waals surface area contributed by atoms with Crippen molar-refractivity contribution in [2.45, 2.75) is 30.8 Å². The molecule has 1 aromatic carbocycles. The Morgan fingerprint density at radius 1 is 1.21 bits per heavy atom. The van der Waals surface area contributed by atoms with Crippen molar-refractivity contribution < 1.29 is 9.53 Å². The maximum atomic E-state index is 12.5. The first-order valence-electron chi connectivity index (χ1n) is 8.61. The minimum absolute atomic E-state index is 0.150. The number of hydrogen-bond acceptors (Lipinski definition) is 3. The standard InChI is InChI=1S/C20H22N2O2/c23-19(12-18-8-4-5-10-21-18)22-11-9-20(15-22)13-17(14-24-20)16-6-2-1-3-7-16/h1-8,10,17H,9,11-15H2. The number of hydrogen-bond donors (Lipinski definition) is 0. The maximum Gasteiger partial charge on any atom is 0.228 e. The normalized spacial score (nSPS) is 26.2. The van der Waals surface area contributed by atoms with E-state index in [1.165, 1.54) is 5.56 Å². The van der Waals surface area contributed by atoms with Gasteiger partial charge in [-0.15, -0.1) is 0 Å². The van der Waals surface area contributed by atoms with Crippen LogP contribution in [0.15, 0.2) is 54.7 Å². The van der Waals surface area contributed by atoms with Crippen molar-refractivity contribution in [3.8, 4) is 0 Å². The average Bonchev–Trinajstić information content (AvgIpc) is 3.24. The summed E-state index contributed by atoms with van der Waals surface area (Å²) < 4.78 is 6.19. The number of nitrogens with zero attached hydrogens (tertiary/aromatic N) is 2. The first kappa shape index (κ1) is 15.3. The van der Waals surface area contributed by atoms with Gasteiger partial charge in [-0.1, -0.05) is 36.4 Å². The topological polar surface area (TPSA) is 42.4 Å². The lowest BCUT2D eigenvalue weighted by molar-refractivity contribution is -0.130. The van der Waals surface area contributed by atoms with Crippen molar-refractivity contribution in [2.24, 2.45) is 0 Å². The molecule has 2 aromatic rings. The lowest BCUT2D eigenvalue weighted by atomic mass is 9.89. The van der Waals surface area contributed by atoms with Gasteiger partial charge in [0.05, 0.1) is 18.6 Å². The molecular formula is C20H22N2O2. The van der Waals surface area contributed by atoms with Crippen LogP contribution in [0.25, 0.3) is 0 Å². The molecular weight excluding hydrogens is 300 g/mol. The third-order valence-corrected chi connectivity index (χ3v) is 5.21. The van der Waals surface area contributed by atoms with E-state index in [0.29, 0.717) is 18.9 Å². The van der Waals surface area contributed by atoms with Crippen molar-refractivity contribution >= 4 is 5.91 Å². The van der Waals surface area contributed by atoms with Crippen LogP contribution in [-0.4, -0.2) is 41.1 Å². The molecule has 2 atom stereocenters. The number of amides is 1. The molecule has 124 valence electrons. The highest BCUT2D eigenvalue weighted by Crippen LogP contribution is 2.42. The zero-order chi connectivity index (χ0) is 16.4. The fourth-order valence-corrected chi connectivity index (χ4v) is 3.89. The van der Waals surface area contributed by atoms with Crippen LogP contribution in [0.4, 0.5) is 0 Å². The third kappa shape index (κ3) is 3.06. The van der Waals surface area contributed by atoms with Crippen molar-refractivity contribution in [1.82, 2.24) is 9.88 Å². The van der Waals surface area contributed by atoms with E-state index in [2.05, 4.69) is 29.2 Å². The summed E-state index contributed by atoms with van der Waals surface area (Å²) in [5, 5.41) is 0. The van der Waals surface area contributed by atoms with Gasteiger partial charge in [-0.05, 0) is 30.5 Å². The van der Waals surface area contributed by atoms with Crippen molar-refractivity contribution in [2.75, 3.05) is 19.7 Å². The largest absolute Gasteiger partial charge is 0.372 e. The van der Waals surface area contributed by atoms with E-state index in [1.807, 2.05) is 29.2 Å². The van der Waals surface area contributed by atoms with Gasteiger partial charge in [-0.25, -0.2) is 0 Å². The molecule has 0 bridgehead atoms. The highest BCUT2D eigenvalue weighted by Gasteiger charge is 2.46. The molecule has 4 nitrogen and oxygen atoms in total. The zero-order valence-electron chi connectivity index (χ0n) is 13.7. The first-order chi connectivity index (χ1) is 11.7. The summed E-state index contributed by atoms with van der Waals surface area (Å²) in [4.78, 5) is 18.7. The summed E-state index contributed by atoms with van der Waals surface area (Å²) in [6.45, 7) is 2.25.